The molecular formula is C35H44ClF3N6O4S. The second-order valence-corrected chi connectivity index (χ2v) is 15.7. The Hall–Kier alpha value is -3.07. The smallest absolute Gasteiger partial charge is 0.420 e. The third-order valence-corrected chi connectivity index (χ3v) is 12.8. The zero-order chi connectivity index (χ0) is 35.3. The first-order valence-corrected chi connectivity index (χ1v) is 18.9. The normalized spacial score (nSPS) is 25.8. The van der Waals surface area contributed by atoms with Crippen LogP contribution in [0.1, 0.15) is 61.6 Å². The molecule has 2 unspecified atom stereocenters. The number of hydrogen-bond acceptors (Lipinski definition) is 7. The van der Waals surface area contributed by atoms with Crippen molar-refractivity contribution in [1.82, 2.24) is 24.5 Å². The molecule has 10 nitrogen and oxygen atoms in total. The number of rotatable bonds is 7. The number of piperidine rings is 2. The number of piperazine rings is 1. The van der Waals surface area contributed by atoms with Crippen molar-refractivity contribution in [2.75, 3.05) is 51.6 Å². The molecule has 4 saturated heterocycles. The average molecular weight is 737 g/mol. The molecule has 272 valence electrons. The Balaban J connectivity index is 1.02. The molecule has 0 spiro atoms. The first-order chi connectivity index (χ1) is 23.9. The van der Waals surface area contributed by atoms with Crippen molar-refractivity contribution in [1.29, 1.82) is 0 Å². The van der Waals surface area contributed by atoms with E-state index in [1.165, 1.54) is 30.2 Å². The van der Waals surface area contributed by atoms with Gasteiger partial charge in [0.15, 0.2) is 0 Å². The van der Waals surface area contributed by atoms with Crippen LogP contribution in [0.3, 0.4) is 0 Å². The Morgan fingerprint density at radius 2 is 1.64 bits per heavy atom. The molecule has 4 fully saturated rings. The number of carbonyl (C=O) groups excluding carboxylic acids is 3. The van der Waals surface area contributed by atoms with E-state index in [-0.39, 0.29) is 42.3 Å². The summed E-state index contributed by atoms with van der Waals surface area (Å²) in [7, 11) is 2.21. The number of halogens is 4. The summed E-state index contributed by atoms with van der Waals surface area (Å²) in [4.78, 5) is 51.0. The molecule has 6 heterocycles. The van der Waals surface area contributed by atoms with Crippen LogP contribution in [0.4, 0.5) is 23.7 Å². The quantitative estimate of drug-likeness (QED) is 0.391. The number of urea groups is 1. The predicted molar refractivity (Wildman–Crippen MR) is 184 cm³/mol. The number of thiophene rings is 1. The Morgan fingerprint density at radius 3 is 2.30 bits per heavy atom. The van der Waals surface area contributed by atoms with E-state index >= 15 is 0 Å². The minimum atomic E-state index is -4.84. The zero-order valence-corrected chi connectivity index (χ0v) is 29.7. The van der Waals surface area contributed by atoms with Crippen molar-refractivity contribution in [3.05, 3.63) is 44.6 Å². The molecule has 5 aliphatic rings. The number of benzene rings is 1. The molecule has 5 aliphatic heterocycles. The highest BCUT2D eigenvalue weighted by molar-refractivity contribution is 7.08. The van der Waals surface area contributed by atoms with Gasteiger partial charge in [-0.2, -0.15) is 13.2 Å². The van der Waals surface area contributed by atoms with Gasteiger partial charge in [0.25, 0.3) is 0 Å². The lowest BCUT2D eigenvalue weighted by atomic mass is 9.91. The molecule has 15 heteroatoms. The molecule has 0 aliphatic carbocycles. The summed E-state index contributed by atoms with van der Waals surface area (Å²) in [6, 6.07) is 3.56. The number of nitrogens with zero attached hydrogens (tertiary/aromatic N) is 5. The Labute approximate surface area is 299 Å². The van der Waals surface area contributed by atoms with Crippen molar-refractivity contribution in [2.24, 2.45) is 5.92 Å². The summed E-state index contributed by atoms with van der Waals surface area (Å²) in [6.45, 7) is 3.74. The Bertz CT molecular complexity index is 1590. The van der Waals surface area contributed by atoms with E-state index in [9.17, 15) is 32.7 Å². The van der Waals surface area contributed by atoms with Crippen molar-refractivity contribution in [2.45, 2.75) is 88.3 Å². The van der Waals surface area contributed by atoms with Gasteiger partial charge in [-0.1, -0.05) is 11.6 Å². The minimum Gasteiger partial charge on any atom is -0.506 e. The predicted octanol–water partition coefficient (Wildman–Crippen LogP) is 5.48. The molecular weight excluding hydrogens is 693 g/mol. The average Bonchev–Trinajstić information content (AvgIpc) is 3.61. The van der Waals surface area contributed by atoms with Gasteiger partial charge in [0.2, 0.25) is 11.8 Å². The van der Waals surface area contributed by atoms with Crippen LogP contribution in [-0.2, 0) is 28.7 Å². The lowest BCUT2D eigenvalue weighted by molar-refractivity contribution is -0.143. The van der Waals surface area contributed by atoms with Crippen LogP contribution >= 0.6 is 22.9 Å². The van der Waals surface area contributed by atoms with E-state index in [0.29, 0.717) is 76.8 Å². The molecule has 4 amide bonds. The second kappa shape index (κ2) is 14.2. The molecule has 1 aromatic heterocycles. The van der Waals surface area contributed by atoms with Gasteiger partial charge in [-0.15, -0.1) is 11.3 Å². The fourth-order valence-corrected chi connectivity index (χ4v) is 9.85. The van der Waals surface area contributed by atoms with E-state index in [0.717, 1.165) is 30.2 Å². The highest BCUT2D eigenvalue weighted by atomic mass is 35.5. The topological polar surface area (TPSA) is 99.7 Å². The first-order valence-electron chi connectivity index (χ1n) is 17.6. The third-order valence-electron chi connectivity index (χ3n) is 11.7. The minimum absolute atomic E-state index is 0.0412. The van der Waals surface area contributed by atoms with Gasteiger partial charge >= 0.3 is 12.2 Å². The van der Waals surface area contributed by atoms with E-state index in [1.807, 2.05) is 15.7 Å². The van der Waals surface area contributed by atoms with Crippen LogP contribution in [0.5, 0.6) is 5.75 Å². The maximum atomic E-state index is 14.1. The van der Waals surface area contributed by atoms with Crippen molar-refractivity contribution in [3.63, 3.8) is 0 Å². The van der Waals surface area contributed by atoms with E-state index < -0.39 is 28.4 Å². The summed E-state index contributed by atoms with van der Waals surface area (Å²) in [5.41, 5.74) is 0.773. The Morgan fingerprint density at radius 1 is 0.960 bits per heavy atom. The summed E-state index contributed by atoms with van der Waals surface area (Å²) < 4.78 is 41.3. The number of phenolic OH excluding ortho intramolecular Hbond substituents is 1. The standard InChI is InChI=1S/C35H44ClF3N6O4S/c1-41-25-2-3-26(41)17-27(16-25)42-8-10-44(11-9-42)33(48)22(12-21-13-28(35(37,38)39)32(47)29(36)14-21)15-31(46)43-6-4-24(5-7-43)45-18-23-19-50-20-30(23)40-34(45)49/h13-14,19-20,22,24-27,47H,2-12,15-18H2,1H3,(H,40,49)/t22-,25?,26?,27?/m0/s1. The second-order valence-electron chi connectivity index (χ2n) is 14.6. The fourth-order valence-electron chi connectivity index (χ4n) is 8.83. The molecule has 50 heavy (non-hydrogen) atoms. The third kappa shape index (κ3) is 7.18. The van der Waals surface area contributed by atoms with Crippen LogP contribution in [0.15, 0.2) is 22.9 Å². The van der Waals surface area contributed by atoms with Gasteiger partial charge in [-0.3, -0.25) is 14.5 Å². The molecule has 2 aromatic rings. The summed E-state index contributed by atoms with van der Waals surface area (Å²) in [5, 5.41) is 16.5. The monoisotopic (exact) mass is 736 g/mol. The number of hydrogen-bond donors (Lipinski definition) is 2. The number of nitrogens with one attached hydrogen (secondary N) is 1. The molecule has 0 saturated carbocycles. The van der Waals surface area contributed by atoms with Crippen LogP contribution in [0.25, 0.3) is 0 Å². The van der Waals surface area contributed by atoms with Gasteiger partial charge < -0.3 is 30.0 Å². The SMILES string of the molecule is CN1C2CCC1CC(N1CCN(C(=O)[C@H](CC(=O)N3CCC(N4Cc5cscc5NC4=O)CC3)Cc3cc(Cl)c(O)c(C(F)(F)F)c3)CC1)C2. The fraction of sp³-hybridized carbons (Fsp3) is 0.629. The summed E-state index contributed by atoms with van der Waals surface area (Å²) in [6.07, 6.45) is 0.730. The Kier molecular flexibility index (Phi) is 10.0. The maximum Gasteiger partial charge on any atom is 0.420 e. The van der Waals surface area contributed by atoms with E-state index in [4.69, 9.17) is 11.6 Å². The van der Waals surface area contributed by atoms with Gasteiger partial charge in [-0.25, -0.2) is 4.79 Å². The number of anilines is 1. The van der Waals surface area contributed by atoms with Gasteiger partial charge in [0, 0.05) is 80.8 Å². The largest absolute Gasteiger partial charge is 0.506 e. The molecule has 2 bridgehead atoms. The van der Waals surface area contributed by atoms with Crippen molar-refractivity contribution in [3.8, 4) is 5.75 Å². The zero-order valence-electron chi connectivity index (χ0n) is 28.1. The molecule has 3 atom stereocenters. The van der Waals surface area contributed by atoms with Crippen LogP contribution in [0, 0.1) is 5.92 Å². The van der Waals surface area contributed by atoms with E-state index in [2.05, 4.69) is 22.2 Å². The number of aromatic hydroxyl groups is 1. The summed E-state index contributed by atoms with van der Waals surface area (Å²) in [5.74, 6) is -2.46. The molecule has 2 N–H and O–H groups in total. The molecule has 1 aromatic carbocycles. The summed E-state index contributed by atoms with van der Waals surface area (Å²) >= 11 is 7.57. The van der Waals surface area contributed by atoms with Crippen molar-refractivity contribution < 1.29 is 32.7 Å². The highest BCUT2D eigenvalue weighted by Gasteiger charge is 2.42. The van der Waals surface area contributed by atoms with Crippen LogP contribution < -0.4 is 5.32 Å². The van der Waals surface area contributed by atoms with Gasteiger partial charge in [-0.05, 0) is 75.1 Å². The number of phenols is 1. The number of likely N-dealkylation sites (tertiary alicyclic amines) is 1. The van der Waals surface area contributed by atoms with Gasteiger partial charge in [0.1, 0.15) is 5.75 Å². The number of alkyl halides is 3. The van der Waals surface area contributed by atoms with Crippen LogP contribution in [0.2, 0.25) is 5.02 Å². The lowest BCUT2D eigenvalue weighted by Gasteiger charge is -2.45. The number of fused-ring (bicyclic) bond motifs is 3. The van der Waals surface area contributed by atoms with E-state index in [1.54, 1.807) is 9.80 Å². The van der Waals surface area contributed by atoms with Gasteiger partial charge in [0.05, 0.1) is 28.7 Å². The maximum absolute atomic E-state index is 14.1. The number of amides is 4. The van der Waals surface area contributed by atoms with Crippen LogP contribution in [-0.4, -0.2) is 118 Å². The van der Waals surface area contributed by atoms with Crippen molar-refractivity contribution >= 4 is 46.5 Å². The number of carbonyl (C=O) groups is 3. The molecule has 7 rings (SSSR count). The lowest BCUT2D eigenvalue weighted by Crippen LogP contribution is -2.56. The molecule has 0 radical (unpaired) electrons. The highest BCUT2D eigenvalue weighted by Crippen LogP contribution is 2.41. The first kappa shape index (κ1) is 35.3.